The molecular weight excluding hydrogens is 585 g/mol. The van der Waals surface area contributed by atoms with Gasteiger partial charge < -0.3 is 20.3 Å². The van der Waals surface area contributed by atoms with Crippen molar-refractivity contribution in [2.24, 2.45) is 5.92 Å². The lowest BCUT2D eigenvalue weighted by Gasteiger charge is -2.32. The van der Waals surface area contributed by atoms with E-state index >= 15 is 0 Å². The van der Waals surface area contributed by atoms with Crippen LogP contribution in [-0.2, 0) is 19.6 Å². The Morgan fingerprint density at radius 3 is 2.02 bits per heavy atom. The predicted octanol–water partition coefficient (Wildman–Crippen LogP) is 5.93. The lowest BCUT2D eigenvalue weighted by molar-refractivity contribution is -0.118. The smallest absolute Gasteiger partial charge is 0.407 e. The number of phenols is 2. The van der Waals surface area contributed by atoms with Crippen LogP contribution in [0.1, 0.15) is 37.8 Å². The molecule has 1 fully saturated rings. The van der Waals surface area contributed by atoms with E-state index in [4.69, 9.17) is 4.74 Å². The van der Waals surface area contributed by atoms with E-state index in [1.54, 1.807) is 36.4 Å². The maximum absolute atomic E-state index is 14.0. The van der Waals surface area contributed by atoms with Gasteiger partial charge in [0.05, 0.1) is 11.8 Å². The zero-order chi connectivity index (χ0) is 31.1. The molecule has 228 valence electrons. The van der Waals surface area contributed by atoms with Crippen molar-refractivity contribution in [2.45, 2.75) is 50.3 Å². The first kappa shape index (κ1) is 30.4. The molecular formula is C31H31F3N2O6S. The summed E-state index contributed by atoms with van der Waals surface area (Å²) >= 11 is 0. The molecule has 0 aromatic heterocycles. The minimum absolute atomic E-state index is 0.0358. The number of amides is 1. The number of ether oxygens (including phenoxy) is 1. The van der Waals surface area contributed by atoms with E-state index in [1.807, 2.05) is 13.8 Å². The molecule has 3 atom stereocenters. The fraction of sp³-hybridized carbons (Fsp3) is 0.323. The molecule has 3 aromatic rings. The summed E-state index contributed by atoms with van der Waals surface area (Å²) in [5, 5.41) is 20.9. The fourth-order valence-electron chi connectivity index (χ4n) is 5.59. The van der Waals surface area contributed by atoms with Crippen molar-refractivity contribution in [1.29, 1.82) is 0 Å². The SMILES string of the molecule is CC(C)CC(=O)Nc1ccc(C2=C(c3ccc(O)cc3)[C@@H]3C[C@@H](S(=O)(=O)N(CC(F)(F)F)c4ccc(O)cc4)[C@H]2O3)cc1. The van der Waals surface area contributed by atoms with Gasteiger partial charge in [-0.05, 0) is 83.1 Å². The molecule has 2 aliphatic heterocycles. The zero-order valence-electron chi connectivity index (χ0n) is 23.4. The van der Waals surface area contributed by atoms with Crippen LogP contribution in [-0.4, -0.2) is 54.7 Å². The first-order valence-corrected chi connectivity index (χ1v) is 15.2. The number of nitrogens with one attached hydrogen (secondary N) is 1. The van der Waals surface area contributed by atoms with Gasteiger partial charge in [0.15, 0.2) is 0 Å². The minimum Gasteiger partial charge on any atom is -0.508 e. The number of anilines is 2. The number of hydrogen-bond donors (Lipinski definition) is 3. The summed E-state index contributed by atoms with van der Waals surface area (Å²) in [5.41, 5.74) is 2.76. The summed E-state index contributed by atoms with van der Waals surface area (Å²) in [4.78, 5) is 12.3. The van der Waals surface area contributed by atoms with Crippen molar-refractivity contribution < 1.29 is 41.3 Å². The van der Waals surface area contributed by atoms with Crippen molar-refractivity contribution in [2.75, 3.05) is 16.2 Å². The minimum atomic E-state index is -4.84. The van der Waals surface area contributed by atoms with Crippen LogP contribution in [0.5, 0.6) is 11.5 Å². The number of fused-ring (bicyclic) bond motifs is 2. The van der Waals surface area contributed by atoms with Gasteiger partial charge in [-0.15, -0.1) is 0 Å². The third-order valence-electron chi connectivity index (χ3n) is 7.39. The van der Waals surface area contributed by atoms with E-state index in [1.165, 1.54) is 12.1 Å². The molecule has 2 heterocycles. The molecule has 8 nitrogen and oxygen atoms in total. The predicted molar refractivity (Wildman–Crippen MR) is 157 cm³/mol. The molecule has 1 saturated heterocycles. The quantitative estimate of drug-likeness (QED) is 0.275. The second-order valence-electron chi connectivity index (χ2n) is 11.1. The highest BCUT2D eigenvalue weighted by molar-refractivity contribution is 7.93. The van der Waals surface area contributed by atoms with Crippen LogP contribution in [0.2, 0.25) is 0 Å². The Labute approximate surface area is 247 Å². The molecule has 1 amide bonds. The monoisotopic (exact) mass is 616 g/mol. The summed E-state index contributed by atoms with van der Waals surface area (Å²) in [7, 11) is -4.64. The van der Waals surface area contributed by atoms with Gasteiger partial charge in [-0.3, -0.25) is 9.10 Å². The van der Waals surface area contributed by atoms with E-state index in [-0.39, 0.29) is 35.4 Å². The number of benzene rings is 3. The van der Waals surface area contributed by atoms with E-state index < -0.39 is 40.2 Å². The standard InChI is InChI=1S/C31H31F3N2O6S/c1-18(2)15-27(39)35-21-7-3-20(4-8-21)29-28(19-5-11-23(37)12-6-19)25-16-26(30(29)42-25)43(40,41)36(17-31(32,33)34)22-9-13-24(38)14-10-22/h3-14,18,25-26,30,37-38H,15-17H2,1-2H3,(H,35,39)/t25-,26+,30+/m0/s1. The van der Waals surface area contributed by atoms with E-state index in [9.17, 15) is 36.6 Å². The molecule has 5 rings (SSSR count). The highest BCUT2D eigenvalue weighted by atomic mass is 32.2. The number of carbonyl (C=O) groups is 1. The number of sulfonamides is 1. The third-order valence-corrected chi connectivity index (χ3v) is 9.55. The lowest BCUT2D eigenvalue weighted by Crippen LogP contribution is -2.47. The van der Waals surface area contributed by atoms with Crippen LogP contribution in [0, 0.1) is 5.92 Å². The topological polar surface area (TPSA) is 116 Å². The van der Waals surface area contributed by atoms with E-state index in [0.717, 1.165) is 24.3 Å². The molecule has 0 saturated carbocycles. The Morgan fingerprint density at radius 2 is 1.47 bits per heavy atom. The number of halogens is 3. The van der Waals surface area contributed by atoms with Crippen LogP contribution in [0.4, 0.5) is 24.5 Å². The molecule has 2 bridgehead atoms. The normalized spacial score (nSPS) is 20.1. The van der Waals surface area contributed by atoms with Gasteiger partial charge in [-0.25, -0.2) is 8.42 Å². The Kier molecular flexibility index (Phi) is 8.19. The van der Waals surface area contributed by atoms with Crippen LogP contribution in [0.3, 0.4) is 0 Å². The van der Waals surface area contributed by atoms with Gasteiger partial charge in [0, 0.05) is 12.1 Å². The third kappa shape index (κ3) is 6.50. The van der Waals surface area contributed by atoms with E-state index in [0.29, 0.717) is 38.7 Å². The average molecular weight is 617 g/mol. The van der Waals surface area contributed by atoms with Gasteiger partial charge in [0.1, 0.15) is 29.4 Å². The first-order valence-electron chi connectivity index (χ1n) is 13.7. The Morgan fingerprint density at radius 1 is 0.930 bits per heavy atom. The maximum atomic E-state index is 14.0. The maximum Gasteiger partial charge on any atom is 0.407 e. The molecule has 2 aliphatic rings. The first-order chi connectivity index (χ1) is 20.2. The van der Waals surface area contributed by atoms with Crippen molar-refractivity contribution in [3.63, 3.8) is 0 Å². The largest absolute Gasteiger partial charge is 0.508 e. The zero-order valence-corrected chi connectivity index (χ0v) is 24.2. The van der Waals surface area contributed by atoms with Crippen molar-refractivity contribution in [3.05, 3.63) is 83.9 Å². The molecule has 0 aliphatic carbocycles. The summed E-state index contributed by atoms with van der Waals surface area (Å²) < 4.78 is 75.5. The van der Waals surface area contributed by atoms with Crippen LogP contribution >= 0.6 is 0 Å². The summed E-state index contributed by atoms with van der Waals surface area (Å²) in [6.45, 7) is 2.11. The van der Waals surface area contributed by atoms with Gasteiger partial charge >= 0.3 is 6.18 Å². The summed E-state index contributed by atoms with van der Waals surface area (Å²) in [6, 6.07) is 17.6. The molecule has 3 aromatic carbocycles. The molecule has 3 N–H and O–H groups in total. The van der Waals surface area contributed by atoms with Crippen molar-refractivity contribution in [3.8, 4) is 11.5 Å². The number of nitrogens with zero attached hydrogens (tertiary/aromatic N) is 1. The number of aromatic hydroxyl groups is 2. The second kappa shape index (κ2) is 11.6. The summed E-state index contributed by atoms with van der Waals surface area (Å²) in [5.74, 6) is -0.168. The van der Waals surface area contributed by atoms with Gasteiger partial charge in [-0.2, -0.15) is 13.2 Å². The number of phenolic OH excluding ortho intramolecular Hbond substituents is 2. The van der Waals surface area contributed by atoms with Gasteiger partial charge in [0.2, 0.25) is 15.9 Å². The molecule has 0 spiro atoms. The van der Waals surface area contributed by atoms with Crippen LogP contribution in [0.25, 0.3) is 11.1 Å². The molecule has 0 unspecified atom stereocenters. The molecule has 43 heavy (non-hydrogen) atoms. The molecule has 12 heteroatoms. The fourth-order valence-corrected chi connectivity index (χ4v) is 7.59. The number of rotatable bonds is 9. The Balaban J connectivity index is 1.55. The van der Waals surface area contributed by atoms with Gasteiger partial charge in [0.25, 0.3) is 0 Å². The van der Waals surface area contributed by atoms with Crippen LogP contribution < -0.4 is 9.62 Å². The highest BCUT2D eigenvalue weighted by Gasteiger charge is 2.55. The second-order valence-corrected chi connectivity index (χ2v) is 13.2. The Bertz CT molecular complexity index is 1620. The number of carbonyl (C=O) groups excluding carboxylic acids is 1. The van der Waals surface area contributed by atoms with E-state index in [2.05, 4.69) is 5.32 Å². The lowest BCUT2D eigenvalue weighted by atomic mass is 9.83. The summed E-state index contributed by atoms with van der Waals surface area (Å²) in [6.07, 6.45) is -6.40. The highest BCUT2D eigenvalue weighted by Crippen LogP contribution is 2.51. The van der Waals surface area contributed by atoms with Crippen molar-refractivity contribution in [1.82, 2.24) is 0 Å². The number of alkyl halides is 3. The number of hydrogen-bond acceptors (Lipinski definition) is 6. The average Bonchev–Trinajstić information content (AvgIpc) is 3.52. The Hall–Kier alpha value is -4.03. The molecule has 0 radical (unpaired) electrons. The van der Waals surface area contributed by atoms with Crippen LogP contribution in [0.15, 0.2) is 72.8 Å². The van der Waals surface area contributed by atoms with Gasteiger partial charge in [-0.1, -0.05) is 38.1 Å². The van der Waals surface area contributed by atoms with Crippen molar-refractivity contribution >= 4 is 38.5 Å².